The van der Waals surface area contributed by atoms with E-state index < -0.39 is 0 Å². The maximum absolute atomic E-state index is 12.3. The second-order valence-electron chi connectivity index (χ2n) is 5.70. The van der Waals surface area contributed by atoms with Crippen molar-refractivity contribution in [2.75, 3.05) is 18.8 Å². The number of nitrogens with zero attached hydrogens (tertiary/aromatic N) is 5. The number of tetrazole rings is 1. The number of piperidine rings is 1. The van der Waals surface area contributed by atoms with Crippen molar-refractivity contribution in [3.05, 3.63) is 28.7 Å². The summed E-state index contributed by atoms with van der Waals surface area (Å²) in [6.45, 7) is 3.96. The number of carbonyl (C=O) groups is 1. The SMILES string of the molecule is CC1CCN(C(=O)CSc2nnnn2-c2ccc(Br)cc2)CC1. The van der Waals surface area contributed by atoms with E-state index in [-0.39, 0.29) is 5.91 Å². The lowest BCUT2D eigenvalue weighted by Crippen LogP contribution is -2.38. The summed E-state index contributed by atoms with van der Waals surface area (Å²) in [5.74, 6) is 1.24. The van der Waals surface area contributed by atoms with Crippen molar-refractivity contribution in [2.45, 2.75) is 24.9 Å². The number of rotatable bonds is 4. The smallest absolute Gasteiger partial charge is 0.233 e. The third-order valence-corrected chi connectivity index (χ3v) is 5.41. The third kappa shape index (κ3) is 4.11. The summed E-state index contributed by atoms with van der Waals surface area (Å²) in [7, 11) is 0. The average Bonchev–Trinajstić information content (AvgIpc) is 3.02. The molecule has 1 aromatic carbocycles. The molecule has 1 fully saturated rings. The average molecular weight is 396 g/mol. The molecule has 0 atom stereocenters. The number of likely N-dealkylation sites (tertiary alicyclic amines) is 1. The minimum Gasteiger partial charge on any atom is -0.342 e. The van der Waals surface area contributed by atoms with Gasteiger partial charge in [0.2, 0.25) is 11.1 Å². The molecule has 1 saturated heterocycles. The summed E-state index contributed by atoms with van der Waals surface area (Å²) in [6.07, 6.45) is 2.18. The van der Waals surface area contributed by atoms with E-state index in [4.69, 9.17) is 0 Å². The van der Waals surface area contributed by atoms with Crippen LogP contribution in [0.15, 0.2) is 33.9 Å². The number of hydrogen-bond donors (Lipinski definition) is 0. The molecule has 122 valence electrons. The lowest BCUT2D eigenvalue weighted by molar-refractivity contribution is -0.129. The Morgan fingerprint density at radius 3 is 2.70 bits per heavy atom. The van der Waals surface area contributed by atoms with Crippen molar-refractivity contribution in [3.8, 4) is 5.69 Å². The van der Waals surface area contributed by atoms with Gasteiger partial charge in [0, 0.05) is 17.6 Å². The van der Waals surface area contributed by atoms with Gasteiger partial charge in [-0.25, -0.2) is 0 Å². The fourth-order valence-corrected chi connectivity index (χ4v) is 3.55. The molecule has 1 aliphatic heterocycles. The van der Waals surface area contributed by atoms with Crippen LogP contribution in [0, 0.1) is 5.92 Å². The predicted octanol–water partition coefficient (Wildman–Crippen LogP) is 2.78. The first-order chi connectivity index (χ1) is 11.1. The second kappa shape index (κ2) is 7.44. The van der Waals surface area contributed by atoms with Crippen molar-refractivity contribution in [1.29, 1.82) is 0 Å². The Kier molecular flexibility index (Phi) is 5.32. The zero-order valence-corrected chi connectivity index (χ0v) is 15.3. The Labute approximate surface area is 147 Å². The molecule has 1 aromatic heterocycles. The van der Waals surface area contributed by atoms with Gasteiger partial charge >= 0.3 is 0 Å². The number of halogens is 1. The molecule has 0 spiro atoms. The molecule has 6 nitrogen and oxygen atoms in total. The molecule has 0 N–H and O–H groups in total. The second-order valence-corrected chi connectivity index (χ2v) is 7.56. The molecule has 0 bridgehead atoms. The molecule has 2 heterocycles. The number of thioether (sulfide) groups is 1. The van der Waals surface area contributed by atoms with E-state index in [1.165, 1.54) is 11.8 Å². The number of carbonyl (C=O) groups excluding carboxylic acids is 1. The number of amides is 1. The van der Waals surface area contributed by atoms with Crippen molar-refractivity contribution in [1.82, 2.24) is 25.1 Å². The largest absolute Gasteiger partial charge is 0.342 e. The van der Waals surface area contributed by atoms with Gasteiger partial charge in [-0.3, -0.25) is 4.79 Å². The highest BCUT2D eigenvalue weighted by Gasteiger charge is 2.21. The first-order valence-corrected chi connectivity index (χ1v) is 9.36. The lowest BCUT2D eigenvalue weighted by Gasteiger charge is -2.30. The van der Waals surface area contributed by atoms with Gasteiger partial charge in [0.05, 0.1) is 11.4 Å². The molecule has 3 rings (SSSR count). The topological polar surface area (TPSA) is 63.9 Å². The third-order valence-electron chi connectivity index (χ3n) is 3.97. The Balaban J connectivity index is 1.62. The van der Waals surface area contributed by atoms with Crippen LogP contribution in [0.4, 0.5) is 0 Å². The van der Waals surface area contributed by atoms with Gasteiger partial charge in [0.25, 0.3) is 0 Å². The number of aromatic nitrogens is 4. The molecule has 1 aliphatic rings. The molecule has 23 heavy (non-hydrogen) atoms. The fraction of sp³-hybridized carbons (Fsp3) is 0.467. The van der Waals surface area contributed by atoms with Gasteiger partial charge in [-0.2, -0.15) is 4.68 Å². The number of hydrogen-bond acceptors (Lipinski definition) is 5. The van der Waals surface area contributed by atoms with Crippen LogP contribution >= 0.6 is 27.7 Å². The van der Waals surface area contributed by atoms with Crippen LogP contribution in [0.2, 0.25) is 0 Å². The summed E-state index contributed by atoms with van der Waals surface area (Å²) < 4.78 is 2.65. The molecule has 0 aliphatic carbocycles. The van der Waals surface area contributed by atoms with Crippen LogP contribution in [0.1, 0.15) is 19.8 Å². The molecule has 0 saturated carbocycles. The summed E-state index contributed by atoms with van der Waals surface area (Å²) in [6, 6.07) is 7.73. The summed E-state index contributed by atoms with van der Waals surface area (Å²) in [5, 5.41) is 12.4. The van der Waals surface area contributed by atoms with E-state index >= 15 is 0 Å². The standard InChI is InChI=1S/C15H18BrN5OS/c1-11-6-8-20(9-7-11)14(22)10-23-15-17-18-19-21(15)13-4-2-12(16)3-5-13/h2-5,11H,6-10H2,1H3. The van der Waals surface area contributed by atoms with E-state index in [0.29, 0.717) is 10.9 Å². The first-order valence-electron chi connectivity index (χ1n) is 7.58. The molecular weight excluding hydrogens is 378 g/mol. The van der Waals surface area contributed by atoms with Gasteiger partial charge in [-0.15, -0.1) is 5.10 Å². The van der Waals surface area contributed by atoms with Crippen molar-refractivity contribution >= 4 is 33.6 Å². The highest BCUT2D eigenvalue weighted by atomic mass is 79.9. The van der Waals surface area contributed by atoms with Crippen LogP contribution in [0.3, 0.4) is 0 Å². The minimum atomic E-state index is 0.159. The maximum atomic E-state index is 12.3. The van der Waals surface area contributed by atoms with Crippen LogP contribution in [0.5, 0.6) is 0 Å². The van der Waals surface area contributed by atoms with Crippen molar-refractivity contribution in [2.24, 2.45) is 5.92 Å². The predicted molar refractivity (Wildman–Crippen MR) is 92.6 cm³/mol. The van der Waals surface area contributed by atoms with Gasteiger partial charge in [-0.05, 0) is 53.5 Å². The van der Waals surface area contributed by atoms with E-state index in [1.807, 2.05) is 29.2 Å². The zero-order chi connectivity index (χ0) is 16.2. The molecule has 0 radical (unpaired) electrons. The van der Waals surface area contributed by atoms with Crippen LogP contribution in [-0.2, 0) is 4.79 Å². The first kappa shape index (κ1) is 16.4. The summed E-state index contributed by atoms with van der Waals surface area (Å²) in [5.41, 5.74) is 0.875. The van der Waals surface area contributed by atoms with Crippen LogP contribution < -0.4 is 0 Å². The number of benzene rings is 1. The Morgan fingerprint density at radius 2 is 2.00 bits per heavy atom. The quantitative estimate of drug-likeness (QED) is 0.744. The minimum absolute atomic E-state index is 0.159. The lowest BCUT2D eigenvalue weighted by atomic mass is 9.99. The molecule has 8 heteroatoms. The van der Waals surface area contributed by atoms with Crippen LogP contribution in [0.25, 0.3) is 5.69 Å². The Morgan fingerprint density at radius 1 is 1.30 bits per heavy atom. The van der Waals surface area contributed by atoms with Gasteiger partial charge in [0.1, 0.15) is 0 Å². The summed E-state index contributed by atoms with van der Waals surface area (Å²) in [4.78, 5) is 14.3. The van der Waals surface area contributed by atoms with Crippen molar-refractivity contribution < 1.29 is 4.79 Å². The van der Waals surface area contributed by atoms with Crippen LogP contribution in [-0.4, -0.2) is 49.9 Å². The highest BCUT2D eigenvalue weighted by Crippen LogP contribution is 2.22. The van der Waals surface area contributed by atoms with Gasteiger partial charge in [0.15, 0.2) is 0 Å². The van der Waals surface area contributed by atoms with Gasteiger partial charge < -0.3 is 4.90 Å². The normalized spacial score (nSPS) is 15.8. The van der Waals surface area contributed by atoms with E-state index in [1.54, 1.807) is 4.68 Å². The van der Waals surface area contributed by atoms with E-state index in [0.717, 1.165) is 42.0 Å². The van der Waals surface area contributed by atoms with E-state index in [2.05, 4.69) is 38.4 Å². The molecular formula is C15H18BrN5OS. The monoisotopic (exact) mass is 395 g/mol. The maximum Gasteiger partial charge on any atom is 0.233 e. The van der Waals surface area contributed by atoms with E-state index in [9.17, 15) is 4.79 Å². The fourth-order valence-electron chi connectivity index (χ4n) is 2.49. The van der Waals surface area contributed by atoms with Gasteiger partial charge in [-0.1, -0.05) is 34.6 Å². The molecule has 2 aromatic rings. The Hall–Kier alpha value is -1.41. The summed E-state index contributed by atoms with van der Waals surface area (Å²) >= 11 is 4.79. The Bertz CT molecular complexity index is 667. The molecule has 1 amide bonds. The van der Waals surface area contributed by atoms with Crippen molar-refractivity contribution in [3.63, 3.8) is 0 Å². The highest BCUT2D eigenvalue weighted by molar-refractivity contribution is 9.10. The molecule has 0 unspecified atom stereocenters. The zero-order valence-electron chi connectivity index (χ0n) is 12.9.